The molecule has 4 rings (SSSR count). The van der Waals surface area contributed by atoms with Crippen LogP contribution in [0.15, 0.2) is 0 Å². The molecular formula is C15H31N7S. The predicted octanol–water partition coefficient (Wildman–Crippen LogP) is -0.136. The molecule has 0 aromatic rings. The third-order valence-corrected chi connectivity index (χ3v) is 6.75. The molecule has 6 N–H and O–H groups in total. The number of nitrogens with one attached hydrogen (secondary N) is 6. The standard InChI is InChI=1S/C15H31N7S/c1-9(2)7-11-8-12(18-17-11)14-21-22-13(19-20-15(22)23-14)10-3-5-16-6-4-10/h9-21H,3-8H2,1-2H3. The quantitative estimate of drug-likeness (QED) is 0.422. The van der Waals surface area contributed by atoms with Gasteiger partial charge in [-0.3, -0.25) is 10.9 Å². The molecule has 132 valence electrons. The molecule has 4 aliphatic heterocycles. The van der Waals surface area contributed by atoms with E-state index in [1.165, 1.54) is 25.7 Å². The van der Waals surface area contributed by atoms with E-state index in [9.17, 15) is 0 Å². The Morgan fingerprint density at radius 1 is 1.09 bits per heavy atom. The van der Waals surface area contributed by atoms with E-state index in [4.69, 9.17) is 0 Å². The highest BCUT2D eigenvalue weighted by Gasteiger charge is 2.47. The van der Waals surface area contributed by atoms with Crippen molar-refractivity contribution in [1.29, 1.82) is 0 Å². The summed E-state index contributed by atoms with van der Waals surface area (Å²) in [6, 6.07) is 1.09. The molecule has 4 fully saturated rings. The summed E-state index contributed by atoms with van der Waals surface area (Å²) in [4.78, 5) is 0. The predicted molar refractivity (Wildman–Crippen MR) is 93.7 cm³/mol. The van der Waals surface area contributed by atoms with Crippen molar-refractivity contribution in [2.24, 2.45) is 11.8 Å². The lowest BCUT2D eigenvalue weighted by atomic mass is 9.95. The largest absolute Gasteiger partial charge is 0.317 e. The molecule has 0 amide bonds. The smallest absolute Gasteiger partial charge is 0.136 e. The van der Waals surface area contributed by atoms with E-state index in [1.54, 1.807) is 0 Å². The van der Waals surface area contributed by atoms with E-state index in [2.05, 4.69) is 51.3 Å². The summed E-state index contributed by atoms with van der Waals surface area (Å²) in [5, 5.41) is 6.31. The molecule has 0 aliphatic carbocycles. The summed E-state index contributed by atoms with van der Waals surface area (Å²) in [6.07, 6.45) is 5.35. The van der Waals surface area contributed by atoms with Crippen molar-refractivity contribution < 1.29 is 0 Å². The van der Waals surface area contributed by atoms with Gasteiger partial charge >= 0.3 is 0 Å². The second kappa shape index (κ2) is 7.13. The number of rotatable bonds is 4. The number of nitrogens with zero attached hydrogens (tertiary/aromatic N) is 1. The zero-order valence-corrected chi connectivity index (χ0v) is 15.0. The SMILES string of the molecule is CC(C)CC1CC(C2NN3C(NNC3C3CCNCC3)S2)NN1. The number of fused-ring (bicyclic) bond motifs is 1. The van der Waals surface area contributed by atoms with E-state index < -0.39 is 0 Å². The zero-order valence-electron chi connectivity index (χ0n) is 14.1. The fraction of sp³-hybridized carbons (Fsp3) is 1.00. The molecule has 0 bridgehead atoms. The highest BCUT2D eigenvalue weighted by molar-refractivity contribution is 8.00. The monoisotopic (exact) mass is 341 g/mol. The second-order valence-corrected chi connectivity index (χ2v) is 8.95. The van der Waals surface area contributed by atoms with Gasteiger partial charge in [0.05, 0.1) is 11.5 Å². The molecule has 0 aromatic carbocycles. The van der Waals surface area contributed by atoms with Gasteiger partial charge in [-0.05, 0) is 50.6 Å². The number of hydrogen-bond donors (Lipinski definition) is 6. The minimum Gasteiger partial charge on any atom is -0.317 e. The maximum atomic E-state index is 3.76. The van der Waals surface area contributed by atoms with Crippen molar-refractivity contribution >= 4 is 11.8 Å². The van der Waals surface area contributed by atoms with Gasteiger partial charge in [-0.2, -0.15) is 5.01 Å². The summed E-state index contributed by atoms with van der Waals surface area (Å²) in [6.45, 7) is 6.88. The highest BCUT2D eigenvalue weighted by Crippen LogP contribution is 2.35. The van der Waals surface area contributed by atoms with Crippen molar-refractivity contribution in [2.75, 3.05) is 13.1 Å². The molecule has 0 radical (unpaired) electrons. The van der Waals surface area contributed by atoms with Crippen LogP contribution in [-0.4, -0.2) is 47.2 Å². The van der Waals surface area contributed by atoms with Crippen LogP contribution in [0.2, 0.25) is 0 Å². The molecule has 5 atom stereocenters. The van der Waals surface area contributed by atoms with Crippen molar-refractivity contribution in [3.05, 3.63) is 0 Å². The van der Waals surface area contributed by atoms with Gasteiger partial charge in [-0.25, -0.2) is 16.3 Å². The van der Waals surface area contributed by atoms with Gasteiger partial charge in [-0.1, -0.05) is 13.8 Å². The lowest BCUT2D eigenvalue weighted by Gasteiger charge is -2.33. The Labute approximate surface area is 143 Å². The van der Waals surface area contributed by atoms with E-state index in [-0.39, 0.29) is 0 Å². The van der Waals surface area contributed by atoms with Crippen LogP contribution in [-0.2, 0) is 0 Å². The molecular weight excluding hydrogens is 310 g/mol. The lowest BCUT2D eigenvalue weighted by molar-refractivity contribution is 0.0921. The number of hydrogen-bond acceptors (Lipinski definition) is 8. The Bertz CT molecular complexity index is 403. The summed E-state index contributed by atoms with van der Waals surface area (Å²) in [5.74, 6) is 1.46. The lowest BCUT2D eigenvalue weighted by Crippen LogP contribution is -2.54. The number of thioether (sulfide) groups is 1. The van der Waals surface area contributed by atoms with Crippen molar-refractivity contribution in [3.8, 4) is 0 Å². The summed E-state index contributed by atoms with van der Waals surface area (Å²) < 4.78 is 0. The maximum Gasteiger partial charge on any atom is 0.136 e. The molecule has 5 unspecified atom stereocenters. The van der Waals surface area contributed by atoms with Crippen LogP contribution in [0.1, 0.15) is 39.5 Å². The summed E-state index contributed by atoms with van der Waals surface area (Å²) >= 11 is 1.99. The van der Waals surface area contributed by atoms with Crippen LogP contribution in [0.25, 0.3) is 0 Å². The normalized spacial score (nSPS) is 42.7. The Morgan fingerprint density at radius 3 is 2.70 bits per heavy atom. The topological polar surface area (TPSA) is 75.4 Å². The molecule has 0 aromatic heterocycles. The van der Waals surface area contributed by atoms with Crippen molar-refractivity contribution in [1.82, 2.24) is 37.5 Å². The second-order valence-electron chi connectivity index (χ2n) is 7.72. The van der Waals surface area contributed by atoms with E-state index in [0.717, 1.165) is 19.0 Å². The Kier molecular flexibility index (Phi) is 5.13. The van der Waals surface area contributed by atoms with Gasteiger partial charge in [0, 0.05) is 12.1 Å². The summed E-state index contributed by atoms with van der Waals surface area (Å²) in [7, 11) is 0. The van der Waals surface area contributed by atoms with Gasteiger partial charge in [0.25, 0.3) is 0 Å². The molecule has 0 spiro atoms. The van der Waals surface area contributed by atoms with E-state index in [0.29, 0.717) is 35.0 Å². The average Bonchev–Trinajstić information content (AvgIpc) is 3.21. The first-order chi connectivity index (χ1) is 11.2. The maximum absolute atomic E-state index is 3.76. The van der Waals surface area contributed by atoms with Crippen LogP contribution in [0, 0.1) is 11.8 Å². The first-order valence-electron chi connectivity index (χ1n) is 9.13. The third-order valence-electron chi connectivity index (χ3n) is 5.42. The van der Waals surface area contributed by atoms with Crippen molar-refractivity contribution in [3.63, 3.8) is 0 Å². The van der Waals surface area contributed by atoms with Gasteiger partial charge in [0.15, 0.2) is 0 Å². The van der Waals surface area contributed by atoms with Crippen LogP contribution in [0.3, 0.4) is 0 Å². The highest BCUT2D eigenvalue weighted by atomic mass is 32.2. The molecule has 7 nitrogen and oxygen atoms in total. The molecule has 0 saturated carbocycles. The molecule has 23 heavy (non-hydrogen) atoms. The van der Waals surface area contributed by atoms with Crippen LogP contribution >= 0.6 is 11.8 Å². The number of piperidine rings is 1. The third kappa shape index (κ3) is 3.55. The fourth-order valence-corrected chi connectivity index (χ4v) is 5.56. The van der Waals surface area contributed by atoms with E-state index in [1.807, 2.05) is 11.8 Å². The molecule has 4 aliphatic rings. The number of hydrazine groups is 3. The van der Waals surface area contributed by atoms with Gasteiger partial charge in [-0.15, -0.1) is 11.8 Å². The van der Waals surface area contributed by atoms with Gasteiger partial charge < -0.3 is 5.32 Å². The van der Waals surface area contributed by atoms with Gasteiger partial charge in [0.2, 0.25) is 0 Å². The molecule has 4 saturated heterocycles. The Hall–Kier alpha value is 0.0700. The Morgan fingerprint density at radius 2 is 1.91 bits per heavy atom. The Balaban J connectivity index is 1.32. The van der Waals surface area contributed by atoms with Crippen LogP contribution in [0.4, 0.5) is 0 Å². The van der Waals surface area contributed by atoms with Crippen LogP contribution in [0.5, 0.6) is 0 Å². The minimum absolute atomic E-state index is 0.339. The summed E-state index contributed by atoms with van der Waals surface area (Å²) in [5.41, 5.74) is 18.1. The average molecular weight is 342 g/mol. The molecule has 8 heteroatoms. The van der Waals surface area contributed by atoms with E-state index >= 15 is 0 Å². The van der Waals surface area contributed by atoms with Gasteiger partial charge in [0.1, 0.15) is 5.50 Å². The first-order valence-corrected chi connectivity index (χ1v) is 10.1. The fourth-order valence-electron chi connectivity index (χ4n) is 4.27. The molecule has 4 heterocycles. The zero-order chi connectivity index (χ0) is 15.8. The van der Waals surface area contributed by atoms with Crippen LogP contribution < -0.4 is 32.4 Å². The van der Waals surface area contributed by atoms with Crippen molar-refractivity contribution in [2.45, 2.75) is 68.7 Å². The minimum atomic E-state index is 0.339. The first kappa shape index (κ1) is 16.5.